The Morgan fingerprint density at radius 2 is 1.78 bits per heavy atom. The fourth-order valence-electron chi connectivity index (χ4n) is 3.77. The molecule has 0 unspecified atom stereocenters. The highest BCUT2D eigenvalue weighted by molar-refractivity contribution is 5.66. The molecule has 1 aliphatic heterocycles. The molecule has 2 aromatic carbocycles. The van der Waals surface area contributed by atoms with Gasteiger partial charge in [-0.15, -0.1) is 0 Å². The number of hydrogen-bond acceptors (Lipinski definition) is 5. The van der Waals surface area contributed by atoms with Gasteiger partial charge in [0.1, 0.15) is 13.2 Å². The Kier molecular flexibility index (Phi) is 5.60. The number of pyridine rings is 1. The summed E-state index contributed by atoms with van der Waals surface area (Å²) in [7, 11) is 4.13. The molecule has 2 aromatic heterocycles. The molecule has 4 aromatic rings. The van der Waals surface area contributed by atoms with Gasteiger partial charge < -0.3 is 14.4 Å². The molecule has 0 fully saturated rings. The molecule has 32 heavy (non-hydrogen) atoms. The van der Waals surface area contributed by atoms with E-state index in [0.717, 1.165) is 40.8 Å². The number of aromatic nitrogens is 3. The van der Waals surface area contributed by atoms with Gasteiger partial charge in [-0.25, -0.2) is 9.50 Å². The van der Waals surface area contributed by atoms with E-state index in [-0.39, 0.29) is 0 Å². The van der Waals surface area contributed by atoms with Gasteiger partial charge in [0, 0.05) is 18.5 Å². The van der Waals surface area contributed by atoms with E-state index < -0.39 is 0 Å². The van der Waals surface area contributed by atoms with Crippen molar-refractivity contribution in [3.63, 3.8) is 0 Å². The summed E-state index contributed by atoms with van der Waals surface area (Å²) < 4.78 is 13.3. The van der Waals surface area contributed by atoms with Gasteiger partial charge in [0.25, 0.3) is 0 Å². The molecule has 0 radical (unpaired) electrons. The number of likely N-dealkylation sites (N-methyl/N-ethyl adjacent to an activating group) is 1. The molecule has 0 aliphatic carbocycles. The van der Waals surface area contributed by atoms with Crippen LogP contribution in [0.15, 0.2) is 66.7 Å². The Morgan fingerprint density at radius 3 is 2.59 bits per heavy atom. The van der Waals surface area contributed by atoms with Gasteiger partial charge in [-0.05, 0) is 55.6 Å². The molecule has 0 N–H and O–H groups in total. The molecule has 6 heteroatoms. The third-order valence-electron chi connectivity index (χ3n) is 5.36. The summed E-state index contributed by atoms with van der Waals surface area (Å²) in [5, 5.41) is 4.80. The van der Waals surface area contributed by atoms with Crippen LogP contribution in [0.3, 0.4) is 0 Å². The van der Waals surface area contributed by atoms with Gasteiger partial charge in [0.2, 0.25) is 0 Å². The van der Waals surface area contributed by atoms with Crippen LogP contribution in [0.2, 0.25) is 0 Å². The normalized spacial score (nSPS) is 13.3. The number of benzene rings is 2. The Labute approximate surface area is 187 Å². The fourth-order valence-corrected chi connectivity index (χ4v) is 3.77. The first kappa shape index (κ1) is 20.3. The second-order valence-corrected chi connectivity index (χ2v) is 8.15. The number of hydrogen-bond donors (Lipinski definition) is 0. The smallest absolute Gasteiger partial charge is 0.162 e. The number of fused-ring (bicyclic) bond motifs is 2. The minimum atomic E-state index is 0.568. The van der Waals surface area contributed by atoms with E-state index in [1.54, 1.807) is 0 Å². The topological polar surface area (TPSA) is 51.9 Å². The van der Waals surface area contributed by atoms with Crippen LogP contribution in [-0.4, -0.2) is 53.4 Å². The molecular weight excluding hydrogens is 400 g/mol. The summed E-state index contributed by atoms with van der Waals surface area (Å²) in [5.41, 5.74) is 5.20. The molecule has 0 saturated carbocycles. The number of nitrogens with zero attached hydrogens (tertiary/aromatic N) is 4. The van der Waals surface area contributed by atoms with Crippen molar-refractivity contribution in [3.05, 3.63) is 83.7 Å². The van der Waals surface area contributed by atoms with E-state index in [1.807, 2.05) is 40.9 Å². The zero-order valence-electron chi connectivity index (χ0n) is 18.4. The van der Waals surface area contributed by atoms with Gasteiger partial charge in [-0.3, -0.25) is 0 Å². The van der Waals surface area contributed by atoms with Crippen molar-refractivity contribution in [3.8, 4) is 22.8 Å². The van der Waals surface area contributed by atoms with Crippen LogP contribution in [0.1, 0.15) is 17.0 Å². The maximum absolute atomic E-state index is 5.75. The van der Waals surface area contributed by atoms with Gasteiger partial charge in [0.15, 0.2) is 23.0 Å². The van der Waals surface area contributed by atoms with Crippen LogP contribution >= 0.6 is 0 Å². The summed E-state index contributed by atoms with van der Waals surface area (Å²) in [6.07, 6.45) is 4.99. The first-order valence-corrected chi connectivity index (χ1v) is 10.8. The van der Waals surface area contributed by atoms with Crippen molar-refractivity contribution in [2.75, 3.05) is 33.9 Å². The Hall–Kier alpha value is -3.64. The van der Waals surface area contributed by atoms with E-state index in [1.165, 1.54) is 11.1 Å². The highest BCUT2D eigenvalue weighted by Gasteiger charge is 2.15. The average Bonchev–Trinajstić information content (AvgIpc) is 3.22. The van der Waals surface area contributed by atoms with Gasteiger partial charge in [0.05, 0.1) is 5.69 Å². The van der Waals surface area contributed by atoms with E-state index in [0.29, 0.717) is 19.6 Å². The molecule has 0 spiro atoms. The third-order valence-corrected chi connectivity index (χ3v) is 5.36. The fraction of sp³-hybridized carbons (Fsp3) is 0.231. The van der Waals surface area contributed by atoms with Crippen molar-refractivity contribution < 1.29 is 9.47 Å². The number of rotatable bonds is 6. The summed E-state index contributed by atoms with van der Waals surface area (Å²) in [6, 6.07) is 20.6. The average molecular weight is 427 g/mol. The molecule has 5 rings (SSSR count). The van der Waals surface area contributed by atoms with Crippen LogP contribution in [0.4, 0.5) is 0 Å². The SMILES string of the molecule is CN(C)C/C=C/c1ccc(Cc2nc3cccc(-c4ccc5c(c4)OCCO5)n3n2)cc1. The lowest BCUT2D eigenvalue weighted by molar-refractivity contribution is 0.171. The molecule has 0 amide bonds. The molecule has 1 aliphatic rings. The second-order valence-electron chi connectivity index (χ2n) is 8.15. The predicted octanol–water partition coefficient (Wildman–Crippen LogP) is 4.33. The van der Waals surface area contributed by atoms with Crippen LogP contribution in [0.5, 0.6) is 11.5 Å². The lowest BCUT2D eigenvalue weighted by atomic mass is 10.1. The molecule has 0 saturated heterocycles. The van der Waals surface area contributed by atoms with Gasteiger partial charge in [-0.2, -0.15) is 5.10 Å². The Balaban J connectivity index is 1.38. The zero-order valence-corrected chi connectivity index (χ0v) is 18.4. The molecule has 0 bridgehead atoms. The largest absolute Gasteiger partial charge is 0.486 e. The van der Waals surface area contributed by atoms with E-state index in [2.05, 4.69) is 55.4 Å². The molecule has 162 valence electrons. The minimum absolute atomic E-state index is 0.568. The maximum atomic E-state index is 5.75. The van der Waals surface area contributed by atoms with Crippen LogP contribution in [0.25, 0.3) is 23.0 Å². The van der Waals surface area contributed by atoms with Crippen molar-refractivity contribution >= 4 is 11.7 Å². The van der Waals surface area contributed by atoms with Crippen molar-refractivity contribution in [2.45, 2.75) is 6.42 Å². The van der Waals surface area contributed by atoms with Crippen molar-refractivity contribution in [2.24, 2.45) is 0 Å². The zero-order chi connectivity index (χ0) is 21.9. The Morgan fingerprint density at radius 1 is 0.969 bits per heavy atom. The highest BCUT2D eigenvalue weighted by atomic mass is 16.6. The summed E-state index contributed by atoms with van der Waals surface area (Å²) in [6.45, 7) is 2.08. The van der Waals surface area contributed by atoms with Crippen LogP contribution in [0, 0.1) is 0 Å². The first-order valence-electron chi connectivity index (χ1n) is 10.8. The highest BCUT2D eigenvalue weighted by Crippen LogP contribution is 2.34. The molecule has 0 atom stereocenters. The van der Waals surface area contributed by atoms with Crippen molar-refractivity contribution in [1.29, 1.82) is 0 Å². The first-order chi connectivity index (χ1) is 15.7. The summed E-state index contributed by atoms with van der Waals surface area (Å²) in [5.74, 6) is 2.35. The number of ether oxygens (including phenoxy) is 2. The third kappa shape index (κ3) is 4.36. The van der Waals surface area contributed by atoms with Gasteiger partial charge >= 0.3 is 0 Å². The van der Waals surface area contributed by atoms with Crippen LogP contribution < -0.4 is 9.47 Å². The standard InChI is InChI=1S/C26H26N4O2/c1-29(2)14-4-5-19-8-10-20(11-9-19)17-25-27-26-7-3-6-22(30(26)28-25)21-12-13-23-24(18-21)32-16-15-31-23/h3-13,18H,14-17H2,1-2H3/b5-4+. The maximum Gasteiger partial charge on any atom is 0.162 e. The summed E-state index contributed by atoms with van der Waals surface area (Å²) >= 11 is 0. The van der Waals surface area contributed by atoms with E-state index in [4.69, 9.17) is 19.6 Å². The molecular formula is C26H26N4O2. The minimum Gasteiger partial charge on any atom is -0.486 e. The predicted molar refractivity (Wildman–Crippen MR) is 126 cm³/mol. The summed E-state index contributed by atoms with van der Waals surface area (Å²) in [4.78, 5) is 6.89. The molecule has 3 heterocycles. The Bertz CT molecular complexity index is 1260. The van der Waals surface area contributed by atoms with Crippen molar-refractivity contribution in [1.82, 2.24) is 19.5 Å². The molecule has 6 nitrogen and oxygen atoms in total. The van der Waals surface area contributed by atoms with E-state index in [9.17, 15) is 0 Å². The lowest BCUT2D eigenvalue weighted by Crippen LogP contribution is -2.15. The van der Waals surface area contributed by atoms with E-state index >= 15 is 0 Å². The van der Waals surface area contributed by atoms with Crippen LogP contribution in [-0.2, 0) is 6.42 Å². The second kappa shape index (κ2) is 8.85. The monoisotopic (exact) mass is 426 g/mol. The van der Waals surface area contributed by atoms with Gasteiger partial charge in [-0.1, -0.05) is 42.5 Å². The quantitative estimate of drug-likeness (QED) is 0.459. The lowest BCUT2D eigenvalue weighted by Gasteiger charge is -2.19.